The van der Waals surface area contributed by atoms with Gasteiger partial charge in [0.25, 0.3) is 0 Å². The summed E-state index contributed by atoms with van der Waals surface area (Å²) in [5, 5.41) is 2.63. The molecule has 19 heavy (non-hydrogen) atoms. The minimum absolute atomic E-state index is 0.548. The summed E-state index contributed by atoms with van der Waals surface area (Å²) in [4.78, 5) is 29.1. The van der Waals surface area contributed by atoms with Crippen LogP contribution in [0.5, 0.6) is 0 Å². The van der Waals surface area contributed by atoms with Crippen LogP contribution >= 0.6 is 11.3 Å². The molecule has 1 unspecified atom stereocenters. The number of carbonyl (C=O) groups excluding carboxylic acids is 2. The molecule has 0 bridgehead atoms. The Labute approximate surface area is 117 Å². The lowest BCUT2D eigenvalue weighted by atomic mass is 9.99. The molecule has 5 nitrogen and oxygen atoms in total. The quantitative estimate of drug-likeness (QED) is 0.801. The minimum Gasteiger partial charge on any atom is -0.444 e. The van der Waals surface area contributed by atoms with E-state index in [1.807, 2.05) is 6.92 Å². The molecule has 0 N–H and O–H groups in total. The number of carbonyl (C=O) groups is 2. The molecule has 0 radical (unpaired) electrons. The van der Waals surface area contributed by atoms with Crippen LogP contribution in [0.15, 0.2) is 5.38 Å². The minimum atomic E-state index is -1.12. The van der Waals surface area contributed by atoms with Crippen molar-refractivity contribution in [1.82, 2.24) is 9.88 Å². The molecule has 0 aliphatic heterocycles. The van der Waals surface area contributed by atoms with Crippen molar-refractivity contribution in [2.45, 2.75) is 45.8 Å². The highest BCUT2D eigenvalue weighted by molar-refractivity contribution is 7.09. The highest BCUT2D eigenvalue weighted by Gasteiger charge is 2.38. The number of aromatic nitrogens is 1. The summed E-state index contributed by atoms with van der Waals surface area (Å²) in [5.41, 5.74) is -1.17. The van der Waals surface area contributed by atoms with Crippen molar-refractivity contribution >= 4 is 23.7 Å². The maximum Gasteiger partial charge on any atom is 0.411 e. The van der Waals surface area contributed by atoms with Crippen LogP contribution in [-0.4, -0.2) is 34.9 Å². The Morgan fingerprint density at radius 1 is 1.42 bits per heavy atom. The van der Waals surface area contributed by atoms with Gasteiger partial charge in [-0.25, -0.2) is 9.78 Å². The van der Waals surface area contributed by atoms with Crippen LogP contribution in [0.1, 0.15) is 38.4 Å². The average molecular weight is 284 g/mol. The molecule has 1 heterocycles. The number of hydrogen-bond acceptors (Lipinski definition) is 5. The fourth-order valence-electron chi connectivity index (χ4n) is 1.43. The standard InChI is InChI=1S/C13H20N2O3S/c1-9-14-10(7-19-9)13(5,8-16)15(6)11(17)18-12(2,3)4/h7-8H,1-6H3. The zero-order valence-electron chi connectivity index (χ0n) is 12.2. The zero-order chi connectivity index (χ0) is 14.8. The number of ether oxygens (including phenoxy) is 1. The summed E-state index contributed by atoms with van der Waals surface area (Å²) in [6.07, 6.45) is 0.165. The van der Waals surface area contributed by atoms with Crippen LogP contribution in [0.25, 0.3) is 0 Å². The van der Waals surface area contributed by atoms with E-state index in [1.54, 1.807) is 33.1 Å². The third kappa shape index (κ3) is 3.53. The molecule has 1 aromatic heterocycles. The Hall–Kier alpha value is -1.43. The molecule has 106 valence electrons. The van der Waals surface area contributed by atoms with Crippen molar-refractivity contribution in [3.05, 3.63) is 16.1 Å². The second-order valence-electron chi connectivity index (χ2n) is 5.56. The number of nitrogens with zero attached hydrogens (tertiary/aromatic N) is 2. The normalized spacial score (nSPS) is 14.6. The van der Waals surface area contributed by atoms with E-state index < -0.39 is 17.2 Å². The third-order valence-electron chi connectivity index (χ3n) is 2.73. The SMILES string of the molecule is Cc1nc(C(C)(C=O)N(C)C(=O)OC(C)(C)C)cs1. The van der Waals surface area contributed by atoms with E-state index in [2.05, 4.69) is 4.98 Å². The number of hydrogen-bond donors (Lipinski definition) is 0. The maximum atomic E-state index is 12.1. The van der Waals surface area contributed by atoms with E-state index in [-0.39, 0.29) is 0 Å². The Morgan fingerprint density at radius 2 is 2.00 bits per heavy atom. The summed E-state index contributed by atoms with van der Waals surface area (Å²) >= 11 is 1.44. The molecule has 0 saturated heterocycles. The van der Waals surface area contributed by atoms with Crippen molar-refractivity contribution in [1.29, 1.82) is 0 Å². The van der Waals surface area contributed by atoms with Gasteiger partial charge in [0.2, 0.25) is 0 Å². The summed E-state index contributed by atoms with van der Waals surface area (Å²) in [6.45, 7) is 8.85. The average Bonchev–Trinajstić information content (AvgIpc) is 2.72. The van der Waals surface area contributed by atoms with Crippen molar-refractivity contribution in [3.63, 3.8) is 0 Å². The monoisotopic (exact) mass is 284 g/mol. The first kappa shape index (κ1) is 15.6. The van der Waals surface area contributed by atoms with Crippen molar-refractivity contribution in [2.75, 3.05) is 7.05 Å². The van der Waals surface area contributed by atoms with Gasteiger partial charge >= 0.3 is 6.09 Å². The van der Waals surface area contributed by atoms with Crippen LogP contribution < -0.4 is 0 Å². The van der Waals surface area contributed by atoms with Gasteiger partial charge in [-0.05, 0) is 34.6 Å². The first-order chi connectivity index (χ1) is 8.60. The molecule has 1 atom stereocenters. The number of rotatable bonds is 3. The third-order valence-corrected chi connectivity index (χ3v) is 3.50. The van der Waals surface area contributed by atoms with E-state index in [1.165, 1.54) is 23.3 Å². The Morgan fingerprint density at radius 3 is 2.37 bits per heavy atom. The number of likely N-dealkylation sites (N-methyl/N-ethyl adjacent to an activating group) is 1. The molecule has 1 rings (SSSR count). The van der Waals surface area contributed by atoms with Gasteiger partial charge in [-0.1, -0.05) is 0 Å². The van der Waals surface area contributed by atoms with Gasteiger partial charge in [-0.15, -0.1) is 11.3 Å². The smallest absolute Gasteiger partial charge is 0.411 e. The maximum absolute atomic E-state index is 12.1. The van der Waals surface area contributed by atoms with Crippen LogP contribution in [0, 0.1) is 6.92 Å². The van der Waals surface area contributed by atoms with Crippen molar-refractivity contribution in [2.24, 2.45) is 0 Å². The van der Waals surface area contributed by atoms with Crippen LogP contribution in [0.2, 0.25) is 0 Å². The fraction of sp³-hybridized carbons (Fsp3) is 0.615. The largest absolute Gasteiger partial charge is 0.444 e. The number of aryl methyl sites for hydroxylation is 1. The predicted molar refractivity (Wildman–Crippen MR) is 74.3 cm³/mol. The number of aldehydes is 1. The molecule has 0 saturated carbocycles. The molecule has 6 heteroatoms. The van der Waals surface area contributed by atoms with Gasteiger partial charge in [0.05, 0.1) is 10.7 Å². The lowest BCUT2D eigenvalue weighted by Gasteiger charge is -2.34. The van der Waals surface area contributed by atoms with E-state index >= 15 is 0 Å². The molecule has 0 spiro atoms. The predicted octanol–water partition coefficient (Wildman–Crippen LogP) is 2.73. The molecule has 0 fully saturated rings. The summed E-state index contributed by atoms with van der Waals surface area (Å²) in [5.74, 6) is 0. The van der Waals surface area contributed by atoms with E-state index in [4.69, 9.17) is 4.74 Å². The molecule has 1 aromatic rings. The van der Waals surface area contributed by atoms with E-state index in [0.29, 0.717) is 12.0 Å². The van der Waals surface area contributed by atoms with Crippen molar-refractivity contribution < 1.29 is 14.3 Å². The van der Waals surface area contributed by atoms with Crippen molar-refractivity contribution in [3.8, 4) is 0 Å². The topological polar surface area (TPSA) is 59.5 Å². The van der Waals surface area contributed by atoms with Gasteiger partial charge in [0.1, 0.15) is 11.1 Å². The summed E-state index contributed by atoms with van der Waals surface area (Å²) in [6, 6.07) is 0. The van der Waals surface area contributed by atoms with E-state index in [0.717, 1.165) is 5.01 Å². The molecule has 0 aliphatic rings. The zero-order valence-corrected chi connectivity index (χ0v) is 13.0. The van der Waals surface area contributed by atoms with E-state index in [9.17, 15) is 9.59 Å². The van der Waals surface area contributed by atoms with Gasteiger partial charge in [-0.2, -0.15) is 0 Å². The van der Waals surface area contributed by atoms with Gasteiger partial charge in [0.15, 0.2) is 6.29 Å². The Kier molecular flexibility index (Phi) is 4.35. The molecular weight excluding hydrogens is 264 g/mol. The van der Waals surface area contributed by atoms with Crippen LogP contribution in [0.4, 0.5) is 4.79 Å². The van der Waals surface area contributed by atoms with Gasteiger partial charge < -0.3 is 9.53 Å². The highest BCUT2D eigenvalue weighted by atomic mass is 32.1. The summed E-state index contributed by atoms with van der Waals surface area (Å²) in [7, 11) is 1.54. The van der Waals surface area contributed by atoms with Gasteiger partial charge in [0, 0.05) is 12.4 Å². The fourth-order valence-corrected chi connectivity index (χ4v) is 2.15. The highest BCUT2D eigenvalue weighted by Crippen LogP contribution is 2.27. The first-order valence-electron chi connectivity index (χ1n) is 5.96. The lowest BCUT2D eigenvalue weighted by molar-refractivity contribution is -0.117. The Bertz CT molecular complexity index is 478. The second-order valence-corrected chi connectivity index (χ2v) is 6.62. The number of thiazole rings is 1. The molecule has 0 aromatic carbocycles. The molecular formula is C13H20N2O3S. The van der Waals surface area contributed by atoms with Gasteiger partial charge in [-0.3, -0.25) is 4.90 Å². The molecule has 1 amide bonds. The summed E-state index contributed by atoms with van der Waals surface area (Å²) < 4.78 is 5.28. The lowest BCUT2D eigenvalue weighted by Crippen LogP contribution is -2.48. The van der Waals surface area contributed by atoms with Crippen LogP contribution in [0.3, 0.4) is 0 Å². The first-order valence-corrected chi connectivity index (χ1v) is 6.84. The molecule has 0 aliphatic carbocycles. The number of amides is 1. The Balaban J connectivity index is 3.02. The second kappa shape index (κ2) is 5.28. The van der Waals surface area contributed by atoms with Crippen LogP contribution in [-0.2, 0) is 15.1 Å².